The normalized spacial score (nSPS) is 12.0. The van der Waals surface area contributed by atoms with Crippen molar-refractivity contribution in [1.29, 1.82) is 0 Å². The number of nitrogens with one attached hydrogen (secondary N) is 1. The van der Waals surface area contributed by atoms with Crippen molar-refractivity contribution < 1.29 is 4.39 Å². The highest BCUT2D eigenvalue weighted by molar-refractivity contribution is 7.11. The molecule has 0 saturated carbocycles. The van der Waals surface area contributed by atoms with Gasteiger partial charge in [-0.3, -0.25) is 0 Å². The predicted octanol–water partition coefficient (Wildman–Crippen LogP) is 2.28. The molecule has 0 radical (unpaired) electrons. The smallest absolute Gasteiger partial charge is 0.0926 e. The molecule has 0 fully saturated rings. The van der Waals surface area contributed by atoms with E-state index in [2.05, 4.69) is 5.32 Å². The highest BCUT2D eigenvalue weighted by Gasteiger charge is 2.00. The molecule has 0 aromatic carbocycles. The maximum atomic E-state index is 12.2. The van der Waals surface area contributed by atoms with Crippen LogP contribution in [0.4, 0.5) is 4.39 Å². The maximum Gasteiger partial charge on any atom is 0.0926 e. The van der Waals surface area contributed by atoms with Crippen molar-refractivity contribution in [1.82, 2.24) is 5.32 Å². The van der Waals surface area contributed by atoms with Crippen molar-refractivity contribution in [2.24, 2.45) is 0 Å². The maximum absolute atomic E-state index is 12.2. The topological polar surface area (TPSA) is 12.0 Å². The van der Waals surface area contributed by atoms with Crippen LogP contribution in [0.25, 0.3) is 5.57 Å². The van der Waals surface area contributed by atoms with E-state index in [1.807, 2.05) is 17.5 Å². The Hall–Kier alpha value is -0.670. The number of thiophene rings is 1. The summed E-state index contributed by atoms with van der Waals surface area (Å²) in [6, 6.07) is 3.83. The second-order valence-corrected chi connectivity index (χ2v) is 3.09. The fourth-order valence-electron chi connectivity index (χ4n) is 0.831. The molecule has 3 heteroatoms. The van der Waals surface area contributed by atoms with Crippen LogP contribution >= 0.6 is 11.3 Å². The van der Waals surface area contributed by atoms with E-state index < -0.39 is 0 Å². The minimum Gasteiger partial charge on any atom is -0.316 e. The molecule has 0 unspecified atom stereocenters. The summed E-state index contributed by atoms with van der Waals surface area (Å²) in [7, 11) is 1.80. The lowest BCUT2D eigenvalue weighted by molar-refractivity contribution is 0.718. The molecule has 0 aliphatic rings. The van der Waals surface area contributed by atoms with Crippen molar-refractivity contribution in [2.75, 3.05) is 13.6 Å². The third-order valence-electron chi connectivity index (χ3n) is 1.34. The van der Waals surface area contributed by atoms with Gasteiger partial charge in [-0.2, -0.15) is 0 Å². The molecule has 1 N–H and O–H groups in total. The molecule has 1 aromatic rings. The van der Waals surface area contributed by atoms with Crippen LogP contribution < -0.4 is 5.32 Å². The van der Waals surface area contributed by atoms with Gasteiger partial charge in [0.25, 0.3) is 0 Å². The van der Waals surface area contributed by atoms with Crippen LogP contribution in [-0.4, -0.2) is 13.6 Å². The summed E-state index contributed by atoms with van der Waals surface area (Å²) in [6.45, 7) is 0.580. The van der Waals surface area contributed by atoms with Gasteiger partial charge >= 0.3 is 0 Å². The first-order valence-electron chi connectivity index (χ1n) is 3.36. The fraction of sp³-hybridized carbons (Fsp3) is 0.250. The summed E-state index contributed by atoms with van der Waals surface area (Å²) in [4.78, 5) is 0.988. The molecule has 60 valence electrons. The molecular formula is C8H10FNS. The quantitative estimate of drug-likeness (QED) is 0.735. The van der Waals surface area contributed by atoms with Gasteiger partial charge < -0.3 is 5.32 Å². The zero-order chi connectivity index (χ0) is 8.10. The van der Waals surface area contributed by atoms with E-state index in [1.54, 1.807) is 18.4 Å². The summed E-state index contributed by atoms with van der Waals surface area (Å²) in [5.74, 6) is 0. The molecule has 0 atom stereocenters. The Kier molecular flexibility index (Phi) is 3.26. The van der Waals surface area contributed by atoms with E-state index in [-0.39, 0.29) is 0 Å². The lowest BCUT2D eigenvalue weighted by Gasteiger charge is -1.99. The standard InChI is InChI=1S/C8H10FNS/c1-10-6-7(5-9)8-3-2-4-11-8/h2-5,10H,6H2,1H3/b7-5-. The van der Waals surface area contributed by atoms with Crippen LogP contribution in [0, 0.1) is 0 Å². The Balaban J connectivity index is 2.72. The van der Waals surface area contributed by atoms with E-state index in [4.69, 9.17) is 0 Å². The van der Waals surface area contributed by atoms with Gasteiger partial charge in [-0.1, -0.05) is 6.07 Å². The Morgan fingerprint density at radius 2 is 2.64 bits per heavy atom. The highest BCUT2D eigenvalue weighted by Crippen LogP contribution is 2.19. The minimum atomic E-state index is 0.580. The number of hydrogen-bond acceptors (Lipinski definition) is 2. The number of rotatable bonds is 3. The van der Waals surface area contributed by atoms with Gasteiger partial charge in [0.05, 0.1) is 6.33 Å². The Labute approximate surface area is 69.6 Å². The predicted molar refractivity (Wildman–Crippen MR) is 47.3 cm³/mol. The average Bonchev–Trinajstić information content (AvgIpc) is 2.52. The molecule has 1 rings (SSSR count). The summed E-state index contributed by atoms with van der Waals surface area (Å²) in [5, 5.41) is 4.84. The lowest BCUT2D eigenvalue weighted by atomic mass is 10.2. The van der Waals surface area contributed by atoms with Crippen LogP contribution in [0.5, 0.6) is 0 Å². The SMILES string of the molecule is CNC/C(=C/F)c1cccs1. The van der Waals surface area contributed by atoms with E-state index in [9.17, 15) is 4.39 Å². The van der Waals surface area contributed by atoms with Gasteiger partial charge in [0.1, 0.15) is 0 Å². The summed E-state index contributed by atoms with van der Waals surface area (Å²) in [5.41, 5.74) is 0.711. The van der Waals surface area contributed by atoms with Gasteiger partial charge in [0.2, 0.25) is 0 Å². The summed E-state index contributed by atoms with van der Waals surface area (Å²) >= 11 is 1.55. The van der Waals surface area contributed by atoms with Crippen molar-refractivity contribution in [3.05, 3.63) is 28.7 Å². The molecule has 11 heavy (non-hydrogen) atoms. The summed E-state index contributed by atoms with van der Waals surface area (Å²) < 4.78 is 12.2. The molecule has 1 aromatic heterocycles. The first-order valence-corrected chi connectivity index (χ1v) is 4.24. The van der Waals surface area contributed by atoms with Gasteiger partial charge in [-0.05, 0) is 18.5 Å². The number of hydrogen-bond donors (Lipinski definition) is 1. The van der Waals surface area contributed by atoms with E-state index in [0.717, 1.165) is 4.88 Å². The molecule has 0 saturated heterocycles. The van der Waals surface area contributed by atoms with Crippen molar-refractivity contribution >= 4 is 16.9 Å². The first-order chi connectivity index (χ1) is 5.38. The molecule has 0 aliphatic heterocycles. The van der Waals surface area contributed by atoms with Crippen LogP contribution in [-0.2, 0) is 0 Å². The molecule has 1 nitrogen and oxygen atoms in total. The van der Waals surface area contributed by atoms with Crippen molar-refractivity contribution in [3.8, 4) is 0 Å². The molecule has 0 bridgehead atoms. The Morgan fingerprint density at radius 1 is 1.82 bits per heavy atom. The third kappa shape index (κ3) is 2.13. The zero-order valence-electron chi connectivity index (χ0n) is 6.30. The third-order valence-corrected chi connectivity index (χ3v) is 2.28. The van der Waals surface area contributed by atoms with Gasteiger partial charge in [-0.15, -0.1) is 11.3 Å². The van der Waals surface area contributed by atoms with Crippen molar-refractivity contribution in [3.63, 3.8) is 0 Å². The molecular weight excluding hydrogens is 161 g/mol. The van der Waals surface area contributed by atoms with Crippen LogP contribution in [0.2, 0.25) is 0 Å². The highest BCUT2D eigenvalue weighted by atomic mass is 32.1. The second kappa shape index (κ2) is 4.26. The molecule has 0 amide bonds. The fourth-order valence-corrected chi connectivity index (χ4v) is 1.56. The first kappa shape index (κ1) is 8.43. The minimum absolute atomic E-state index is 0.580. The van der Waals surface area contributed by atoms with E-state index in [1.165, 1.54) is 0 Å². The van der Waals surface area contributed by atoms with Gasteiger partial charge in [0.15, 0.2) is 0 Å². The average molecular weight is 171 g/mol. The lowest BCUT2D eigenvalue weighted by Crippen LogP contribution is -2.08. The van der Waals surface area contributed by atoms with Crippen LogP contribution in [0.3, 0.4) is 0 Å². The zero-order valence-corrected chi connectivity index (χ0v) is 7.12. The Morgan fingerprint density at radius 3 is 3.09 bits per heavy atom. The molecule has 1 heterocycles. The second-order valence-electron chi connectivity index (χ2n) is 2.14. The number of halogens is 1. The van der Waals surface area contributed by atoms with E-state index >= 15 is 0 Å². The summed E-state index contributed by atoms with van der Waals surface area (Å²) in [6.07, 6.45) is 0.655. The van der Waals surface area contributed by atoms with E-state index in [0.29, 0.717) is 18.4 Å². The van der Waals surface area contributed by atoms with Gasteiger partial charge in [0, 0.05) is 17.0 Å². The Bertz CT molecular complexity index is 228. The van der Waals surface area contributed by atoms with Crippen LogP contribution in [0.1, 0.15) is 4.88 Å². The largest absolute Gasteiger partial charge is 0.316 e. The van der Waals surface area contributed by atoms with Gasteiger partial charge in [-0.25, -0.2) is 4.39 Å². The van der Waals surface area contributed by atoms with Crippen molar-refractivity contribution in [2.45, 2.75) is 0 Å². The molecule has 0 spiro atoms. The number of likely N-dealkylation sites (N-methyl/N-ethyl adjacent to an activating group) is 1. The molecule has 0 aliphatic carbocycles. The van der Waals surface area contributed by atoms with Crippen LogP contribution in [0.15, 0.2) is 23.8 Å². The monoisotopic (exact) mass is 171 g/mol.